The van der Waals surface area contributed by atoms with Crippen LogP contribution in [0.1, 0.15) is 19.3 Å². The number of hydrogen-bond donors (Lipinski definition) is 2. The van der Waals surface area contributed by atoms with Crippen LogP contribution < -0.4 is 10.2 Å². The first-order valence-electron chi connectivity index (χ1n) is 8.06. The molecule has 2 saturated heterocycles. The molecule has 2 atom stereocenters. The number of aliphatic hydroxyl groups is 1. The van der Waals surface area contributed by atoms with Crippen LogP contribution in [0.4, 0.5) is 5.82 Å². The molecule has 2 aliphatic rings. The van der Waals surface area contributed by atoms with Gasteiger partial charge in [-0.3, -0.25) is 9.69 Å². The van der Waals surface area contributed by atoms with E-state index in [1.165, 1.54) is 0 Å². The van der Waals surface area contributed by atoms with Gasteiger partial charge in [-0.25, -0.2) is 4.98 Å². The summed E-state index contributed by atoms with van der Waals surface area (Å²) in [6, 6.07) is 6.23. The van der Waals surface area contributed by atoms with Gasteiger partial charge in [-0.15, -0.1) is 0 Å². The second kappa shape index (κ2) is 7.07. The molecular formula is C16H24N4O2. The van der Waals surface area contributed by atoms with Crippen LogP contribution >= 0.6 is 0 Å². The molecular weight excluding hydrogens is 280 g/mol. The predicted molar refractivity (Wildman–Crippen MR) is 84.7 cm³/mol. The lowest BCUT2D eigenvalue weighted by Gasteiger charge is -2.23. The quantitative estimate of drug-likeness (QED) is 0.815. The van der Waals surface area contributed by atoms with Crippen LogP contribution in [-0.4, -0.2) is 65.8 Å². The number of nitrogens with zero attached hydrogens (tertiary/aromatic N) is 3. The summed E-state index contributed by atoms with van der Waals surface area (Å²) < 4.78 is 0. The Morgan fingerprint density at radius 2 is 2.27 bits per heavy atom. The molecule has 3 rings (SSSR count). The molecule has 6 heteroatoms. The first-order valence-corrected chi connectivity index (χ1v) is 8.06. The molecule has 0 aliphatic carbocycles. The molecule has 0 saturated carbocycles. The topological polar surface area (TPSA) is 68.7 Å². The van der Waals surface area contributed by atoms with Gasteiger partial charge in [-0.1, -0.05) is 6.07 Å². The number of aliphatic hydroxyl groups excluding tert-OH is 1. The van der Waals surface area contributed by atoms with Crippen molar-refractivity contribution in [3.05, 3.63) is 24.4 Å². The second-order valence-corrected chi connectivity index (χ2v) is 6.14. The number of likely N-dealkylation sites (tertiary alicyclic amines) is 1. The zero-order chi connectivity index (χ0) is 15.4. The Hall–Kier alpha value is -1.66. The fraction of sp³-hybridized carbons (Fsp3) is 0.625. The number of rotatable bonds is 5. The molecule has 0 radical (unpaired) electrons. The van der Waals surface area contributed by atoms with Gasteiger partial charge in [0.1, 0.15) is 5.82 Å². The molecule has 1 aromatic heterocycles. The first kappa shape index (κ1) is 15.2. The number of carbonyl (C=O) groups is 1. The molecule has 1 amide bonds. The van der Waals surface area contributed by atoms with Crippen molar-refractivity contribution >= 4 is 11.7 Å². The molecule has 6 nitrogen and oxygen atoms in total. The number of pyridine rings is 1. The van der Waals surface area contributed by atoms with Crippen LogP contribution in [-0.2, 0) is 4.79 Å². The average Bonchev–Trinajstić information content (AvgIpc) is 3.17. The molecule has 2 N–H and O–H groups in total. The minimum Gasteiger partial charge on any atom is -0.395 e. The Bertz CT molecular complexity index is 496. The Morgan fingerprint density at radius 1 is 1.36 bits per heavy atom. The van der Waals surface area contributed by atoms with E-state index in [-0.39, 0.29) is 24.6 Å². The van der Waals surface area contributed by atoms with Crippen LogP contribution in [0.2, 0.25) is 0 Å². The highest BCUT2D eigenvalue weighted by Crippen LogP contribution is 2.18. The Balaban J connectivity index is 1.47. The predicted octanol–water partition coefficient (Wildman–Crippen LogP) is 0.233. The van der Waals surface area contributed by atoms with Gasteiger partial charge in [0.15, 0.2) is 0 Å². The third-order valence-corrected chi connectivity index (χ3v) is 4.58. The summed E-state index contributed by atoms with van der Waals surface area (Å²) in [7, 11) is 0. The molecule has 0 bridgehead atoms. The van der Waals surface area contributed by atoms with E-state index in [0.29, 0.717) is 6.54 Å². The minimum atomic E-state index is 0.0632. The Kier molecular flexibility index (Phi) is 4.90. The fourth-order valence-corrected chi connectivity index (χ4v) is 3.39. The summed E-state index contributed by atoms with van der Waals surface area (Å²) in [4.78, 5) is 20.8. The zero-order valence-corrected chi connectivity index (χ0v) is 12.8. The number of hydrogen-bond acceptors (Lipinski definition) is 5. The standard InChI is InChI=1S/C16H24N4O2/c21-12-14-4-3-8-19(14)11-16(22)18-13-6-9-20(10-13)15-5-1-2-7-17-15/h1-2,5,7,13-14,21H,3-4,6,8-12H2,(H,18,22)/t13-,14+/m1/s1. The first-order chi connectivity index (χ1) is 10.8. The number of carbonyl (C=O) groups excluding carboxylic acids is 1. The van der Waals surface area contributed by atoms with Gasteiger partial charge < -0.3 is 15.3 Å². The van der Waals surface area contributed by atoms with Gasteiger partial charge in [0, 0.05) is 31.4 Å². The van der Waals surface area contributed by atoms with Gasteiger partial charge in [0.2, 0.25) is 5.91 Å². The van der Waals surface area contributed by atoms with Crippen molar-refractivity contribution in [2.45, 2.75) is 31.3 Å². The van der Waals surface area contributed by atoms with Crippen molar-refractivity contribution in [1.82, 2.24) is 15.2 Å². The molecule has 1 aromatic rings. The summed E-state index contributed by atoms with van der Waals surface area (Å²) in [5, 5.41) is 12.4. The summed E-state index contributed by atoms with van der Waals surface area (Å²) in [5.41, 5.74) is 0. The summed E-state index contributed by atoms with van der Waals surface area (Å²) in [5.74, 6) is 1.03. The minimum absolute atomic E-state index is 0.0632. The highest BCUT2D eigenvalue weighted by atomic mass is 16.3. The maximum absolute atomic E-state index is 12.2. The third kappa shape index (κ3) is 3.56. The van der Waals surface area contributed by atoms with E-state index >= 15 is 0 Å². The van der Waals surface area contributed by atoms with Crippen LogP contribution in [0, 0.1) is 0 Å². The van der Waals surface area contributed by atoms with E-state index in [1.54, 1.807) is 6.20 Å². The normalized spacial score (nSPS) is 25.6. The van der Waals surface area contributed by atoms with E-state index in [2.05, 4.69) is 20.1 Å². The number of nitrogens with one attached hydrogen (secondary N) is 1. The summed E-state index contributed by atoms with van der Waals surface area (Å²) >= 11 is 0. The SMILES string of the molecule is O=C(CN1CCC[C@H]1CO)N[C@@H]1CCN(c2ccccn2)C1. The van der Waals surface area contributed by atoms with Crippen molar-refractivity contribution in [1.29, 1.82) is 0 Å². The lowest BCUT2D eigenvalue weighted by molar-refractivity contribution is -0.123. The van der Waals surface area contributed by atoms with E-state index < -0.39 is 0 Å². The van der Waals surface area contributed by atoms with E-state index in [4.69, 9.17) is 0 Å². The molecule has 120 valence electrons. The maximum Gasteiger partial charge on any atom is 0.234 e. The highest BCUT2D eigenvalue weighted by molar-refractivity contribution is 5.78. The molecule has 0 unspecified atom stereocenters. The van der Waals surface area contributed by atoms with Gasteiger partial charge >= 0.3 is 0 Å². The van der Waals surface area contributed by atoms with Gasteiger partial charge in [-0.2, -0.15) is 0 Å². The van der Waals surface area contributed by atoms with Crippen molar-refractivity contribution in [3.8, 4) is 0 Å². The van der Waals surface area contributed by atoms with Crippen molar-refractivity contribution < 1.29 is 9.90 Å². The monoisotopic (exact) mass is 304 g/mol. The van der Waals surface area contributed by atoms with Crippen LogP contribution in [0.5, 0.6) is 0 Å². The highest BCUT2D eigenvalue weighted by Gasteiger charge is 2.28. The zero-order valence-electron chi connectivity index (χ0n) is 12.8. The Morgan fingerprint density at radius 3 is 3.05 bits per heavy atom. The summed E-state index contributed by atoms with van der Waals surface area (Å²) in [6.45, 7) is 3.18. The van der Waals surface area contributed by atoms with Gasteiger partial charge in [-0.05, 0) is 37.9 Å². The molecule has 2 aliphatic heterocycles. The molecule has 3 heterocycles. The molecule has 0 spiro atoms. The third-order valence-electron chi connectivity index (χ3n) is 4.58. The number of amides is 1. The maximum atomic E-state index is 12.2. The van der Waals surface area contributed by atoms with Gasteiger partial charge in [0.25, 0.3) is 0 Å². The van der Waals surface area contributed by atoms with Crippen LogP contribution in [0.25, 0.3) is 0 Å². The number of aromatic nitrogens is 1. The lowest BCUT2D eigenvalue weighted by atomic mass is 10.2. The van der Waals surface area contributed by atoms with E-state index in [0.717, 1.165) is 44.7 Å². The van der Waals surface area contributed by atoms with Crippen LogP contribution in [0.3, 0.4) is 0 Å². The fourth-order valence-electron chi connectivity index (χ4n) is 3.39. The van der Waals surface area contributed by atoms with Crippen molar-refractivity contribution in [2.75, 3.05) is 37.7 Å². The van der Waals surface area contributed by atoms with E-state index in [1.807, 2.05) is 18.2 Å². The number of anilines is 1. The smallest absolute Gasteiger partial charge is 0.234 e. The molecule has 22 heavy (non-hydrogen) atoms. The van der Waals surface area contributed by atoms with Crippen LogP contribution in [0.15, 0.2) is 24.4 Å². The lowest BCUT2D eigenvalue weighted by Crippen LogP contribution is -2.45. The summed E-state index contributed by atoms with van der Waals surface area (Å²) in [6.07, 6.45) is 4.80. The van der Waals surface area contributed by atoms with Crippen molar-refractivity contribution in [2.24, 2.45) is 0 Å². The molecule has 2 fully saturated rings. The van der Waals surface area contributed by atoms with E-state index in [9.17, 15) is 9.90 Å². The van der Waals surface area contributed by atoms with Crippen molar-refractivity contribution in [3.63, 3.8) is 0 Å². The second-order valence-electron chi connectivity index (χ2n) is 6.14. The largest absolute Gasteiger partial charge is 0.395 e. The average molecular weight is 304 g/mol. The van der Waals surface area contributed by atoms with Gasteiger partial charge in [0.05, 0.1) is 13.2 Å². The Labute approximate surface area is 131 Å². The molecule has 0 aromatic carbocycles.